The second-order valence-electron chi connectivity index (χ2n) is 6.54. The molecule has 0 saturated carbocycles. The van der Waals surface area contributed by atoms with Crippen LogP contribution in [0, 0.1) is 0 Å². The highest BCUT2D eigenvalue weighted by molar-refractivity contribution is 7.18. The molecule has 3 aromatic rings. The number of esters is 1. The maximum absolute atomic E-state index is 12.9. The Morgan fingerprint density at radius 1 is 1.23 bits per heavy atom. The number of carbonyl (C=O) groups is 1. The lowest BCUT2D eigenvalue weighted by atomic mass is 9.97. The Labute approximate surface area is 155 Å². The third-order valence-corrected chi connectivity index (χ3v) is 6.00. The number of benzene rings is 1. The van der Waals surface area contributed by atoms with Gasteiger partial charge < -0.3 is 4.74 Å². The van der Waals surface area contributed by atoms with Crippen LogP contribution in [0.2, 0.25) is 0 Å². The fraction of sp³-hybridized carbons (Fsp3) is 0.350. The van der Waals surface area contributed by atoms with Gasteiger partial charge in [-0.3, -0.25) is 9.36 Å². The van der Waals surface area contributed by atoms with E-state index in [1.54, 1.807) is 23.5 Å². The van der Waals surface area contributed by atoms with Gasteiger partial charge in [-0.25, -0.2) is 9.78 Å². The van der Waals surface area contributed by atoms with Gasteiger partial charge in [0.05, 0.1) is 11.7 Å². The molecule has 1 aliphatic rings. The van der Waals surface area contributed by atoms with Gasteiger partial charge in [-0.1, -0.05) is 19.1 Å². The Kier molecular flexibility index (Phi) is 4.59. The molecule has 0 aliphatic heterocycles. The van der Waals surface area contributed by atoms with E-state index in [9.17, 15) is 9.59 Å². The van der Waals surface area contributed by atoms with Crippen molar-refractivity contribution in [2.75, 3.05) is 0 Å². The smallest absolute Gasteiger partial charge is 0.331 e. The largest absolute Gasteiger partial charge is 0.425 e. The van der Waals surface area contributed by atoms with Crippen LogP contribution < -0.4 is 10.3 Å². The number of hydrogen-bond donors (Lipinski definition) is 0. The van der Waals surface area contributed by atoms with E-state index in [4.69, 9.17) is 4.74 Å². The van der Waals surface area contributed by atoms with E-state index in [0.29, 0.717) is 11.1 Å². The molecule has 0 bridgehead atoms. The number of aromatic nitrogens is 2. The average Bonchev–Trinajstić information content (AvgIpc) is 3.04. The van der Waals surface area contributed by atoms with Crippen molar-refractivity contribution < 1.29 is 9.53 Å². The molecule has 0 radical (unpaired) electrons. The summed E-state index contributed by atoms with van der Waals surface area (Å²) < 4.78 is 6.71. The molecule has 1 aliphatic carbocycles. The molecule has 2 heterocycles. The van der Waals surface area contributed by atoms with Gasteiger partial charge in [-0.15, -0.1) is 11.3 Å². The SMILES string of the molecule is CCc1ccc(OC(=O)Cn2cnc3sc4c(c3c2=O)CCCC4)cc1. The van der Waals surface area contributed by atoms with Crippen LogP contribution in [0.3, 0.4) is 0 Å². The van der Waals surface area contributed by atoms with E-state index >= 15 is 0 Å². The average molecular weight is 368 g/mol. The molecule has 0 spiro atoms. The fourth-order valence-electron chi connectivity index (χ4n) is 3.39. The first-order valence-corrected chi connectivity index (χ1v) is 9.76. The molecule has 0 fully saturated rings. The lowest BCUT2D eigenvalue weighted by Crippen LogP contribution is -2.27. The molecule has 6 heteroatoms. The lowest BCUT2D eigenvalue weighted by Gasteiger charge is -2.10. The van der Waals surface area contributed by atoms with Crippen molar-refractivity contribution in [3.05, 3.63) is 57.0 Å². The van der Waals surface area contributed by atoms with Crippen LogP contribution in [-0.4, -0.2) is 15.5 Å². The zero-order chi connectivity index (χ0) is 18.1. The van der Waals surface area contributed by atoms with Gasteiger partial charge in [0, 0.05) is 4.88 Å². The van der Waals surface area contributed by atoms with Gasteiger partial charge in [0.2, 0.25) is 0 Å². The van der Waals surface area contributed by atoms with Crippen molar-refractivity contribution in [2.24, 2.45) is 0 Å². The zero-order valence-electron chi connectivity index (χ0n) is 14.7. The van der Waals surface area contributed by atoms with Crippen LogP contribution in [0.4, 0.5) is 0 Å². The number of ether oxygens (including phenoxy) is 1. The number of carbonyl (C=O) groups excluding carboxylic acids is 1. The molecule has 4 rings (SSSR count). The predicted octanol–water partition coefficient (Wildman–Crippen LogP) is 3.50. The Morgan fingerprint density at radius 2 is 2.00 bits per heavy atom. The number of thiophene rings is 1. The third kappa shape index (κ3) is 3.17. The molecule has 0 unspecified atom stereocenters. The Bertz CT molecular complexity index is 1020. The Balaban J connectivity index is 1.57. The molecule has 2 aromatic heterocycles. The summed E-state index contributed by atoms with van der Waals surface area (Å²) in [6.07, 6.45) is 6.59. The number of fused-ring (bicyclic) bond motifs is 3. The second kappa shape index (κ2) is 7.03. The maximum Gasteiger partial charge on any atom is 0.331 e. The summed E-state index contributed by atoms with van der Waals surface area (Å²) in [5.74, 6) is 0.0174. The first-order chi connectivity index (χ1) is 12.7. The first kappa shape index (κ1) is 17.0. The van der Waals surface area contributed by atoms with E-state index in [2.05, 4.69) is 11.9 Å². The molecular formula is C20H20N2O3S. The Morgan fingerprint density at radius 3 is 2.77 bits per heavy atom. The van der Waals surface area contributed by atoms with Crippen molar-refractivity contribution in [2.45, 2.75) is 45.6 Å². The topological polar surface area (TPSA) is 61.2 Å². The molecule has 0 saturated heterocycles. The van der Waals surface area contributed by atoms with Gasteiger partial charge in [-0.2, -0.15) is 0 Å². The second-order valence-corrected chi connectivity index (χ2v) is 7.62. The third-order valence-electron chi connectivity index (χ3n) is 4.80. The highest BCUT2D eigenvalue weighted by Gasteiger charge is 2.20. The maximum atomic E-state index is 12.9. The monoisotopic (exact) mass is 368 g/mol. The summed E-state index contributed by atoms with van der Waals surface area (Å²) in [6.45, 7) is 1.93. The summed E-state index contributed by atoms with van der Waals surface area (Å²) in [7, 11) is 0. The summed E-state index contributed by atoms with van der Waals surface area (Å²) in [5.41, 5.74) is 2.16. The molecule has 0 N–H and O–H groups in total. The van der Waals surface area contributed by atoms with E-state index in [1.807, 2.05) is 12.1 Å². The molecule has 26 heavy (non-hydrogen) atoms. The molecule has 0 amide bonds. The van der Waals surface area contributed by atoms with E-state index < -0.39 is 5.97 Å². The Hall–Kier alpha value is -2.47. The van der Waals surface area contributed by atoms with Gasteiger partial charge in [0.15, 0.2) is 0 Å². The predicted molar refractivity (Wildman–Crippen MR) is 102 cm³/mol. The van der Waals surface area contributed by atoms with Crippen molar-refractivity contribution in [3.8, 4) is 5.75 Å². The summed E-state index contributed by atoms with van der Waals surface area (Å²) in [5, 5.41) is 0.687. The van der Waals surface area contributed by atoms with Crippen molar-refractivity contribution in [1.29, 1.82) is 0 Å². The summed E-state index contributed by atoms with van der Waals surface area (Å²) in [6, 6.07) is 7.41. The minimum Gasteiger partial charge on any atom is -0.425 e. The normalized spacial score (nSPS) is 13.6. The van der Waals surface area contributed by atoms with Crippen molar-refractivity contribution in [3.63, 3.8) is 0 Å². The van der Waals surface area contributed by atoms with Crippen LogP contribution in [0.5, 0.6) is 5.75 Å². The van der Waals surface area contributed by atoms with E-state index in [0.717, 1.165) is 42.5 Å². The molecule has 5 nitrogen and oxygen atoms in total. The zero-order valence-corrected chi connectivity index (χ0v) is 15.5. The van der Waals surface area contributed by atoms with Crippen LogP contribution in [0.25, 0.3) is 10.2 Å². The number of hydrogen-bond acceptors (Lipinski definition) is 5. The van der Waals surface area contributed by atoms with Gasteiger partial charge in [0.25, 0.3) is 5.56 Å². The van der Waals surface area contributed by atoms with Crippen LogP contribution in [0.1, 0.15) is 35.8 Å². The minimum absolute atomic E-state index is 0.137. The summed E-state index contributed by atoms with van der Waals surface area (Å²) >= 11 is 1.61. The van der Waals surface area contributed by atoms with Gasteiger partial charge in [0.1, 0.15) is 17.1 Å². The van der Waals surface area contributed by atoms with Gasteiger partial charge >= 0.3 is 5.97 Å². The minimum atomic E-state index is -0.471. The molecular weight excluding hydrogens is 348 g/mol. The van der Waals surface area contributed by atoms with E-state index in [-0.39, 0.29) is 12.1 Å². The number of nitrogens with zero attached hydrogens (tertiary/aromatic N) is 2. The van der Waals surface area contributed by atoms with Crippen molar-refractivity contribution >= 4 is 27.5 Å². The first-order valence-electron chi connectivity index (χ1n) is 8.95. The molecule has 134 valence electrons. The summed E-state index contributed by atoms with van der Waals surface area (Å²) in [4.78, 5) is 31.6. The van der Waals surface area contributed by atoms with Crippen molar-refractivity contribution in [1.82, 2.24) is 9.55 Å². The molecule has 0 atom stereocenters. The van der Waals surface area contributed by atoms with E-state index in [1.165, 1.54) is 21.3 Å². The highest BCUT2D eigenvalue weighted by atomic mass is 32.1. The number of aryl methyl sites for hydroxylation is 3. The lowest BCUT2D eigenvalue weighted by molar-refractivity contribution is -0.135. The quantitative estimate of drug-likeness (QED) is 0.522. The van der Waals surface area contributed by atoms with Crippen LogP contribution >= 0.6 is 11.3 Å². The van der Waals surface area contributed by atoms with Gasteiger partial charge in [-0.05, 0) is 55.4 Å². The van der Waals surface area contributed by atoms with Crippen LogP contribution in [-0.2, 0) is 30.6 Å². The fourth-order valence-corrected chi connectivity index (χ4v) is 4.61. The molecule has 1 aromatic carbocycles. The standard InChI is InChI=1S/C20H20N2O3S/c1-2-13-7-9-14(10-8-13)25-17(23)11-22-12-21-19-18(20(22)24)15-5-3-4-6-16(15)26-19/h7-10,12H,2-6,11H2,1H3. The van der Waals surface area contributed by atoms with Crippen LogP contribution in [0.15, 0.2) is 35.4 Å². The highest BCUT2D eigenvalue weighted by Crippen LogP contribution is 2.33. The number of rotatable bonds is 4.